The number of rotatable bonds is 4. The summed E-state index contributed by atoms with van der Waals surface area (Å²) in [5.41, 5.74) is 4.61. The lowest BCUT2D eigenvalue weighted by Gasteiger charge is -2.24. The zero-order valence-corrected chi connectivity index (χ0v) is 30.0. The lowest BCUT2D eigenvalue weighted by atomic mass is 10.2. The smallest absolute Gasteiger partial charge is 0.410 e. The molecule has 2 aromatic carbocycles. The molecule has 6 heterocycles. The van der Waals surface area contributed by atoms with Gasteiger partial charge in [-0.1, -0.05) is 48.2 Å². The monoisotopic (exact) mass is 706 g/mol. The molecule has 2 saturated heterocycles. The molecule has 0 bridgehead atoms. The van der Waals surface area contributed by atoms with E-state index in [1.54, 1.807) is 11.2 Å². The average Bonchev–Trinajstić information content (AvgIpc) is 3.98. The van der Waals surface area contributed by atoms with E-state index in [0.29, 0.717) is 19.1 Å². The summed E-state index contributed by atoms with van der Waals surface area (Å²) >= 11 is 0. The number of anilines is 2. The fourth-order valence-corrected chi connectivity index (χ4v) is 6.10. The maximum Gasteiger partial charge on any atom is 0.410 e. The van der Waals surface area contributed by atoms with Crippen molar-refractivity contribution in [3.63, 3.8) is 0 Å². The number of likely N-dealkylation sites (tertiary alicyclic amines) is 1. The number of ether oxygens (including phenoxy) is 1. The van der Waals surface area contributed by atoms with E-state index in [-0.39, 0.29) is 12.1 Å². The van der Waals surface area contributed by atoms with Crippen LogP contribution in [-0.2, 0) is 4.74 Å². The molecule has 53 heavy (non-hydrogen) atoms. The minimum absolute atomic E-state index is 0.101. The van der Waals surface area contributed by atoms with E-state index >= 15 is 0 Å². The van der Waals surface area contributed by atoms with Crippen LogP contribution in [0.15, 0.2) is 85.5 Å². The molecule has 2 atom stereocenters. The summed E-state index contributed by atoms with van der Waals surface area (Å²) in [5.74, 6) is 14.2. The van der Waals surface area contributed by atoms with Crippen molar-refractivity contribution in [1.29, 1.82) is 0 Å². The zero-order chi connectivity index (χ0) is 36.6. The van der Waals surface area contributed by atoms with E-state index < -0.39 is 5.60 Å². The van der Waals surface area contributed by atoms with Gasteiger partial charge in [-0.25, -0.2) is 24.7 Å². The highest BCUT2D eigenvalue weighted by atomic mass is 16.6. The highest BCUT2D eigenvalue weighted by Crippen LogP contribution is 2.24. The van der Waals surface area contributed by atoms with E-state index in [4.69, 9.17) is 4.74 Å². The Bertz CT molecular complexity index is 2300. The Morgan fingerprint density at radius 1 is 0.755 bits per heavy atom. The van der Waals surface area contributed by atoms with Gasteiger partial charge in [-0.3, -0.25) is 0 Å². The van der Waals surface area contributed by atoms with Crippen LogP contribution in [0.3, 0.4) is 0 Å². The maximum absolute atomic E-state index is 12.3. The Labute approximate surface area is 308 Å². The Balaban J connectivity index is 0.000000170. The van der Waals surface area contributed by atoms with E-state index in [0.717, 1.165) is 82.1 Å². The second-order valence-corrected chi connectivity index (χ2v) is 14.0. The van der Waals surface area contributed by atoms with Crippen molar-refractivity contribution in [3.05, 3.63) is 108 Å². The van der Waals surface area contributed by atoms with E-state index in [2.05, 4.69) is 69.5 Å². The number of benzene rings is 2. The molecule has 12 heteroatoms. The zero-order valence-electron chi connectivity index (χ0n) is 30.0. The van der Waals surface area contributed by atoms with Crippen molar-refractivity contribution in [3.8, 4) is 23.7 Å². The van der Waals surface area contributed by atoms with Crippen molar-refractivity contribution >= 4 is 39.8 Å². The molecular formula is C41H42N10O2. The second kappa shape index (κ2) is 15.9. The molecule has 5 N–H and O–H groups in total. The van der Waals surface area contributed by atoms with Gasteiger partial charge in [-0.15, -0.1) is 0 Å². The van der Waals surface area contributed by atoms with Gasteiger partial charge in [0.2, 0.25) is 0 Å². The number of H-pyrrole nitrogens is 2. The van der Waals surface area contributed by atoms with Gasteiger partial charge in [0.15, 0.2) is 0 Å². The van der Waals surface area contributed by atoms with Crippen LogP contribution in [0, 0.1) is 23.7 Å². The van der Waals surface area contributed by atoms with Gasteiger partial charge < -0.3 is 35.6 Å². The fraction of sp³-hybridized carbons (Fsp3) is 0.293. The summed E-state index contributed by atoms with van der Waals surface area (Å²) in [6.07, 6.45) is 4.76. The first-order valence-electron chi connectivity index (χ1n) is 17.8. The number of hydrogen-bond acceptors (Lipinski definition) is 9. The van der Waals surface area contributed by atoms with Crippen LogP contribution in [0.25, 0.3) is 22.1 Å². The third-order valence-corrected chi connectivity index (χ3v) is 8.66. The number of hydrogen-bond donors (Lipinski definition) is 5. The summed E-state index contributed by atoms with van der Waals surface area (Å²) in [6, 6.07) is 24.3. The van der Waals surface area contributed by atoms with Crippen molar-refractivity contribution in [1.82, 2.24) is 40.1 Å². The molecule has 8 rings (SSSR count). The lowest BCUT2D eigenvalue weighted by molar-refractivity contribution is 0.0293. The SMILES string of the molecule is C(#Cc1cc2c(N[C@@H]3CCNC3)ncnc2[nH]1)c1ccccc1.CC(C)(C)OC(=O)N1CC[C@@H](Nc2ncnc3[nH]c(C#Cc4ccccc4)cc23)C1. The number of fused-ring (bicyclic) bond motifs is 2. The number of aromatic nitrogens is 6. The molecule has 2 fully saturated rings. The first kappa shape index (κ1) is 35.1. The van der Waals surface area contributed by atoms with Crippen LogP contribution >= 0.6 is 0 Å². The van der Waals surface area contributed by atoms with Gasteiger partial charge in [0, 0.05) is 42.8 Å². The van der Waals surface area contributed by atoms with E-state index in [1.807, 2.05) is 93.6 Å². The fourth-order valence-electron chi connectivity index (χ4n) is 6.10. The van der Waals surface area contributed by atoms with Gasteiger partial charge >= 0.3 is 6.09 Å². The molecule has 2 aliphatic rings. The Hall–Kier alpha value is -6.37. The third-order valence-electron chi connectivity index (χ3n) is 8.66. The first-order chi connectivity index (χ1) is 25.8. The van der Waals surface area contributed by atoms with Crippen LogP contribution < -0.4 is 16.0 Å². The highest BCUT2D eigenvalue weighted by Gasteiger charge is 2.30. The summed E-state index contributed by atoms with van der Waals surface area (Å²) in [5, 5.41) is 12.2. The van der Waals surface area contributed by atoms with Crippen molar-refractivity contribution < 1.29 is 9.53 Å². The molecule has 2 aliphatic heterocycles. The van der Waals surface area contributed by atoms with E-state index in [9.17, 15) is 4.79 Å². The van der Waals surface area contributed by atoms with Crippen LogP contribution in [0.1, 0.15) is 56.1 Å². The molecule has 12 nitrogen and oxygen atoms in total. The molecule has 0 spiro atoms. The summed E-state index contributed by atoms with van der Waals surface area (Å²) in [6.45, 7) is 8.87. The minimum atomic E-state index is -0.496. The van der Waals surface area contributed by atoms with Crippen molar-refractivity contribution in [2.45, 2.75) is 51.3 Å². The van der Waals surface area contributed by atoms with Crippen molar-refractivity contribution in [2.24, 2.45) is 0 Å². The van der Waals surface area contributed by atoms with E-state index in [1.165, 1.54) is 6.33 Å². The molecule has 0 aliphatic carbocycles. The molecule has 0 unspecified atom stereocenters. The third kappa shape index (κ3) is 9.30. The van der Waals surface area contributed by atoms with Crippen LogP contribution in [0.5, 0.6) is 0 Å². The Morgan fingerprint density at radius 2 is 1.30 bits per heavy atom. The molecule has 6 aromatic rings. The summed E-state index contributed by atoms with van der Waals surface area (Å²) < 4.78 is 5.47. The van der Waals surface area contributed by atoms with Gasteiger partial charge in [-0.2, -0.15) is 0 Å². The second-order valence-electron chi connectivity index (χ2n) is 14.0. The Kier molecular flexibility index (Phi) is 10.5. The molecule has 0 saturated carbocycles. The number of carbonyl (C=O) groups excluding carboxylic acids is 1. The van der Waals surface area contributed by atoms with Gasteiger partial charge in [0.1, 0.15) is 41.2 Å². The quantitative estimate of drug-likeness (QED) is 0.141. The van der Waals surface area contributed by atoms with Crippen LogP contribution in [0.2, 0.25) is 0 Å². The van der Waals surface area contributed by atoms with Crippen LogP contribution in [-0.4, -0.2) is 84.8 Å². The molecule has 0 radical (unpaired) electrons. The van der Waals surface area contributed by atoms with Gasteiger partial charge in [0.05, 0.1) is 22.2 Å². The largest absolute Gasteiger partial charge is 0.444 e. The Morgan fingerprint density at radius 3 is 1.81 bits per heavy atom. The lowest BCUT2D eigenvalue weighted by Crippen LogP contribution is -2.36. The van der Waals surface area contributed by atoms with Crippen LogP contribution in [0.4, 0.5) is 16.4 Å². The summed E-state index contributed by atoms with van der Waals surface area (Å²) in [4.78, 5) is 37.9. The molecule has 1 amide bonds. The molecule has 4 aromatic heterocycles. The minimum Gasteiger partial charge on any atom is -0.444 e. The number of nitrogens with one attached hydrogen (secondary N) is 5. The van der Waals surface area contributed by atoms with Gasteiger partial charge in [0.25, 0.3) is 0 Å². The number of nitrogens with zero attached hydrogens (tertiary/aromatic N) is 5. The topological polar surface area (TPSA) is 149 Å². The predicted octanol–water partition coefficient (Wildman–Crippen LogP) is 5.91. The number of amides is 1. The highest BCUT2D eigenvalue weighted by molar-refractivity contribution is 5.89. The standard InChI is InChI=1S/C23H25N5O2.C18H17N5/c1-23(2,3)30-22(29)28-12-11-18(14-28)27-21-19-13-17(26-20(19)24-15-25-21)10-9-16-7-5-4-6-8-16;1-2-4-13(5-3-1)6-7-14-10-16-17(22-14)20-12-21-18(16)23-15-8-9-19-11-15/h4-8,13,15,18H,11-12,14H2,1-3H3,(H2,24,25,26,27);1-5,10,12,15,19H,8-9,11H2,(H2,20,21,22,23)/t18-;15-/m11/s1. The number of carbonyl (C=O) groups is 1. The molecular weight excluding hydrogens is 665 g/mol. The normalized spacial score (nSPS) is 16.5. The van der Waals surface area contributed by atoms with Gasteiger partial charge in [-0.05, 0) is 88.4 Å². The predicted molar refractivity (Wildman–Crippen MR) is 207 cm³/mol. The van der Waals surface area contributed by atoms with Crippen molar-refractivity contribution in [2.75, 3.05) is 36.8 Å². The molecule has 268 valence electrons. The average molecular weight is 707 g/mol. The summed E-state index contributed by atoms with van der Waals surface area (Å²) in [7, 11) is 0. The first-order valence-corrected chi connectivity index (χ1v) is 17.8. The maximum atomic E-state index is 12.3. The number of aromatic amines is 2.